The number of imidazole rings is 1. The van der Waals surface area contributed by atoms with Gasteiger partial charge in [0.2, 0.25) is 0 Å². The zero-order valence-electron chi connectivity index (χ0n) is 12.0. The van der Waals surface area contributed by atoms with Gasteiger partial charge in [0.05, 0.1) is 30.4 Å². The molecular formula is C12H19N4O3P. The van der Waals surface area contributed by atoms with E-state index in [0.717, 1.165) is 0 Å². The van der Waals surface area contributed by atoms with Crippen molar-refractivity contribution in [3.8, 4) is 0 Å². The summed E-state index contributed by atoms with van der Waals surface area (Å²) in [6, 6.07) is 0. The Morgan fingerprint density at radius 1 is 1.15 bits per heavy atom. The molecule has 2 heterocycles. The third kappa shape index (κ3) is 3.62. The van der Waals surface area contributed by atoms with Crippen LogP contribution in [0.25, 0.3) is 11.2 Å². The first kappa shape index (κ1) is 15.1. The van der Waals surface area contributed by atoms with Gasteiger partial charge in [0.25, 0.3) is 0 Å². The van der Waals surface area contributed by atoms with Crippen LogP contribution in [0, 0.1) is 0 Å². The van der Waals surface area contributed by atoms with E-state index in [2.05, 4.69) is 19.9 Å². The van der Waals surface area contributed by atoms with Crippen LogP contribution >= 0.6 is 7.60 Å². The fourth-order valence-corrected chi connectivity index (χ4v) is 3.95. The average molecular weight is 298 g/mol. The number of fused-ring (bicyclic) bond motifs is 1. The molecule has 7 nitrogen and oxygen atoms in total. The van der Waals surface area contributed by atoms with E-state index < -0.39 is 7.60 Å². The van der Waals surface area contributed by atoms with Crippen LogP contribution < -0.4 is 0 Å². The summed E-state index contributed by atoms with van der Waals surface area (Å²) in [5.41, 5.74) is 1.78. The van der Waals surface area contributed by atoms with Gasteiger partial charge < -0.3 is 14.0 Å². The summed E-state index contributed by atoms with van der Waals surface area (Å²) >= 11 is 0. The number of aromatic amines is 1. The van der Waals surface area contributed by atoms with Crippen molar-refractivity contribution < 1.29 is 13.6 Å². The highest BCUT2D eigenvalue weighted by Crippen LogP contribution is 2.53. The normalized spacial score (nSPS) is 12.7. The van der Waals surface area contributed by atoms with Gasteiger partial charge in [-0.2, -0.15) is 0 Å². The highest BCUT2D eigenvalue weighted by atomic mass is 31.2. The van der Waals surface area contributed by atoms with Crippen LogP contribution in [0.4, 0.5) is 0 Å². The van der Waals surface area contributed by atoms with Crippen molar-refractivity contribution >= 4 is 18.8 Å². The first-order valence-electron chi connectivity index (χ1n) is 6.48. The Morgan fingerprint density at radius 2 is 1.80 bits per heavy atom. The quantitative estimate of drug-likeness (QED) is 0.825. The van der Waals surface area contributed by atoms with E-state index in [1.165, 1.54) is 12.7 Å². The Hall–Kier alpha value is -1.30. The molecule has 0 aliphatic heterocycles. The summed E-state index contributed by atoms with van der Waals surface area (Å²) in [4.78, 5) is 15.2. The van der Waals surface area contributed by atoms with E-state index in [1.54, 1.807) is 0 Å². The van der Waals surface area contributed by atoms with Crippen molar-refractivity contribution in [1.82, 2.24) is 19.9 Å². The predicted octanol–water partition coefficient (Wildman–Crippen LogP) is 2.90. The van der Waals surface area contributed by atoms with Gasteiger partial charge in [0, 0.05) is 0 Å². The van der Waals surface area contributed by atoms with E-state index in [-0.39, 0.29) is 18.4 Å². The van der Waals surface area contributed by atoms with Gasteiger partial charge in [-0.15, -0.1) is 0 Å². The molecule has 2 rings (SSSR count). The maximum absolute atomic E-state index is 12.8. The predicted molar refractivity (Wildman–Crippen MR) is 75.4 cm³/mol. The fourth-order valence-electron chi connectivity index (χ4n) is 1.86. The number of aromatic nitrogens is 4. The molecule has 0 spiro atoms. The van der Waals surface area contributed by atoms with Crippen molar-refractivity contribution in [2.45, 2.75) is 46.1 Å². The second-order valence-electron chi connectivity index (χ2n) is 5.00. The SMILES string of the molecule is CC(C)OP(=O)(Cc1ncnc2nc[nH]c12)OC(C)C. The van der Waals surface area contributed by atoms with Crippen molar-refractivity contribution in [1.29, 1.82) is 0 Å². The molecule has 8 heteroatoms. The smallest absolute Gasteiger partial charge is 0.337 e. The maximum Gasteiger partial charge on any atom is 0.337 e. The van der Waals surface area contributed by atoms with Crippen LogP contribution in [0.2, 0.25) is 0 Å². The zero-order chi connectivity index (χ0) is 14.8. The number of nitrogens with one attached hydrogen (secondary N) is 1. The molecule has 20 heavy (non-hydrogen) atoms. The van der Waals surface area contributed by atoms with E-state index >= 15 is 0 Å². The molecule has 0 radical (unpaired) electrons. The molecule has 0 atom stereocenters. The molecule has 0 fully saturated rings. The van der Waals surface area contributed by atoms with Crippen molar-refractivity contribution in [3.63, 3.8) is 0 Å². The van der Waals surface area contributed by atoms with Crippen molar-refractivity contribution in [2.75, 3.05) is 0 Å². The van der Waals surface area contributed by atoms with Crippen molar-refractivity contribution in [3.05, 3.63) is 18.3 Å². The van der Waals surface area contributed by atoms with Gasteiger partial charge in [-0.1, -0.05) is 0 Å². The summed E-state index contributed by atoms with van der Waals surface area (Å²) in [5.74, 6) is 0. The summed E-state index contributed by atoms with van der Waals surface area (Å²) in [6.45, 7) is 7.29. The highest BCUT2D eigenvalue weighted by molar-refractivity contribution is 7.53. The summed E-state index contributed by atoms with van der Waals surface area (Å²) < 4.78 is 23.9. The summed E-state index contributed by atoms with van der Waals surface area (Å²) in [5, 5.41) is 0. The lowest BCUT2D eigenvalue weighted by atomic mass is 10.4. The maximum atomic E-state index is 12.8. The molecule has 110 valence electrons. The molecular weight excluding hydrogens is 279 g/mol. The average Bonchev–Trinajstić information content (AvgIpc) is 2.75. The van der Waals surface area contributed by atoms with Gasteiger partial charge in [0.15, 0.2) is 5.65 Å². The van der Waals surface area contributed by atoms with Gasteiger partial charge in [-0.3, -0.25) is 4.57 Å². The van der Waals surface area contributed by atoms with E-state index in [9.17, 15) is 4.57 Å². The van der Waals surface area contributed by atoms with Crippen LogP contribution in [0.3, 0.4) is 0 Å². The first-order valence-corrected chi connectivity index (χ1v) is 8.21. The Labute approximate surface area is 117 Å². The molecule has 0 saturated carbocycles. The fraction of sp³-hybridized carbons (Fsp3) is 0.583. The van der Waals surface area contributed by atoms with Crippen LogP contribution in [0.1, 0.15) is 33.4 Å². The van der Waals surface area contributed by atoms with Crippen molar-refractivity contribution in [2.24, 2.45) is 0 Å². The van der Waals surface area contributed by atoms with Gasteiger partial charge >= 0.3 is 7.60 Å². The topological polar surface area (TPSA) is 90.0 Å². The Kier molecular flexibility index (Phi) is 4.52. The van der Waals surface area contributed by atoms with E-state index in [4.69, 9.17) is 9.05 Å². The van der Waals surface area contributed by atoms with Gasteiger partial charge in [-0.25, -0.2) is 15.0 Å². The Morgan fingerprint density at radius 3 is 2.40 bits per heavy atom. The molecule has 0 amide bonds. The van der Waals surface area contributed by atoms with Gasteiger partial charge in [0.1, 0.15) is 11.8 Å². The van der Waals surface area contributed by atoms with Crippen LogP contribution in [-0.2, 0) is 19.8 Å². The third-order valence-corrected chi connectivity index (χ3v) is 4.56. The Bertz CT molecular complexity index is 612. The van der Waals surface area contributed by atoms with Crippen LogP contribution in [-0.4, -0.2) is 32.1 Å². The lowest BCUT2D eigenvalue weighted by molar-refractivity contribution is 0.141. The molecule has 0 aliphatic carbocycles. The summed E-state index contributed by atoms with van der Waals surface area (Å²) in [7, 11) is -3.27. The molecule has 0 unspecified atom stereocenters. The molecule has 2 aromatic rings. The highest BCUT2D eigenvalue weighted by Gasteiger charge is 2.30. The third-order valence-electron chi connectivity index (χ3n) is 2.39. The number of hydrogen-bond acceptors (Lipinski definition) is 6. The first-order chi connectivity index (χ1) is 9.39. The number of rotatable bonds is 6. The lowest BCUT2D eigenvalue weighted by Gasteiger charge is -2.22. The largest absolute Gasteiger partial charge is 0.342 e. The minimum absolute atomic E-state index is 0.0879. The molecule has 0 saturated heterocycles. The summed E-state index contributed by atoms with van der Waals surface area (Å²) in [6.07, 6.45) is 2.62. The minimum atomic E-state index is -3.27. The minimum Gasteiger partial charge on any atom is -0.342 e. The standard InChI is InChI=1S/C12H19N4O3P/c1-8(2)18-20(17,19-9(3)4)5-10-11-12(15-6-13-10)16-7-14-11/h6-9H,5H2,1-4H3,(H,13,14,15,16). The number of nitrogens with zero attached hydrogens (tertiary/aromatic N) is 3. The molecule has 2 aromatic heterocycles. The van der Waals surface area contributed by atoms with Crippen LogP contribution in [0.5, 0.6) is 0 Å². The second-order valence-corrected chi connectivity index (χ2v) is 6.96. The Balaban J connectivity index is 2.31. The molecule has 0 aromatic carbocycles. The van der Waals surface area contributed by atoms with E-state index in [0.29, 0.717) is 16.9 Å². The number of H-pyrrole nitrogens is 1. The van der Waals surface area contributed by atoms with Crippen LogP contribution in [0.15, 0.2) is 12.7 Å². The molecule has 0 bridgehead atoms. The van der Waals surface area contributed by atoms with Gasteiger partial charge in [-0.05, 0) is 27.7 Å². The zero-order valence-corrected chi connectivity index (χ0v) is 12.9. The number of hydrogen-bond donors (Lipinski definition) is 1. The monoisotopic (exact) mass is 298 g/mol. The lowest BCUT2D eigenvalue weighted by Crippen LogP contribution is -2.10. The molecule has 1 N–H and O–H groups in total. The van der Waals surface area contributed by atoms with E-state index in [1.807, 2.05) is 27.7 Å². The molecule has 0 aliphatic rings. The second kappa shape index (κ2) is 5.99.